The molecule has 6 heteroatoms. The first-order valence-corrected chi connectivity index (χ1v) is 7.40. The number of hydrogen-bond donors (Lipinski definition) is 2. The number of nitrogens with zero attached hydrogens (tertiary/aromatic N) is 1. The lowest BCUT2D eigenvalue weighted by Gasteiger charge is -2.23. The second kappa shape index (κ2) is 6.22. The molecule has 0 aromatic carbocycles. The number of carbonyl (C=O) groups is 2. The van der Waals surface area contributed by atoms with E-state index in [1.807, 2.05) is 0 Å². The third-order valence-corrected chi connectivity index (χ3v) is 4.22. The van der Waals surface area contributed by atoms with Crippen LogP contribution in [0.5, 0.6) is 0 Å². The molecule has 5 nitrogen and oxygen atoms in total. The maximum absolute atomic E-state index is 12.2. The summed E-state index contributed by atoms with van der Waals surface area (Å²) < 4.78 is 0. The molecule has 0 spiro atoms. The van der Waals surface area contributed by atoms with Crippen LogP contribution in [0.25, 0.3) is 0 Å². The van der Waals surface area contributed by atoms with Crippen molar-refractivity contribution in [2.75, 3.05) is 12.3 Å². The zero-order valence-electron chi connectivity index (χ0n) is 10.6. The van der Waals surface area contributed by atoms with Crippen molar-refractivity contribution in [1.82, 2.24) is 10.6 Å². The molecule has 1 unspecified atom stereocenters. The summed E-state index contributed by atoms with van der Waals surface area (Å²) in [6.45, 7) is 2.21. The van der Waals surface area contributed by atoms with E-state index in [-0.39, 0.29) is 17.7 Å². The fourth-order valence-electron chi connectivity index (χ4n) is 2.50. The molecule has 0 aromatic rings. The van der Waals surface area contributed by atoms with Gasteiger partial charge in [-0.1, -0.05) is 24.6 Å². The van der Waals surface area contributed by atoms with Gasteiger partial charge in [0.1, 0.15) is 6.04 Å². The Morgan fingerprint density at radius 1 is 1.39 bits per heavy atom. The topological polar surface area (TPSA) is 70.6 Å². The number of amidine groups is 1. The summed E-state index contributed by atoms with van der Waals surface area (Å²) in [5.41, 5.74) is 0. The Morgan fingerprint density at radius 3 is 2.67 bits per heavy atom. The summed E-state index contributed by atoms with van der Waals surface area (Å²) in [6.07, 6.45) is 4.31. The molecular weight excluding hydrogens is 250 g/mol. The van der Waals surface area contributed by atoms with Gasteiger partial charge in [0.25, 0.3) is 0 Å². The number of hydrogen-bond acceptors (Lipinski definition) is 4. The predicted octanol–water partition coefficient (Wildman–Crippen LogP) is 0.900. The third-order valence-electron chi connectivity index (χ3n) is 3.33. The molecule has 1 heterocycles. The largest absolute Gasteiger partial charge is 0.344 e. The molecule has 0 bridgehead atoms. The summed E-state index contributed by atoms with van der Waals surface area (Å²) in [7, 11) is 0. The van der Waals surface area contributed by atoms with E-state index in [9.17, 15) is 9.59 Å². The van der Waals surface area contributed by atoms with Crippen LogP contribution < -0.4 is 10.6 Å². The van der Waals surface area contributed by atoms with Gasteiger partial charge in [-0.05, 0) is 18.8 Å². The molecular formula is C12H19N3O2S. The SMILES string of the molecule is CC(=O)NC(C(=O)NC1=NCCS1)C1CCCC1. The minimum absolute atomic E-state index is 0.120. The molecule has 18 heavy (non-hydrogen) atoms. The van der Waals surface area contributed by atoms with Crippen LogP contribution >= 0.6 is 11.8 Å². The van der Waals surface area contributed by atoms with E-state index in [4.69, 9.17) is 0 Å². The standard InChI is InChI=1S/C12H19N3O2S/c1-8(16)14-10(9-4-2-3-5-9)11(17)15-12-13-6-7-18-12/h9-10H,2-7H2,1H3,(H,14,16)(H,13,15,17). The molecule has 1 aliphatic heterocycles. The highest BCUT2D eigenvalue weighted by Crippen LogP contribution is 2.28. The van der Waals surface area contributed by atoms with E-state index in [1.165, 1.54) is 6.92 Å². The van der Waals surface area contributed by atoms with E-state index < -0.39 is 6.04 Å². The van der Waals surface area contributed by atoms with E-state index in [0.29, 0.717) is 5.17 Å². The Hall–Kier alpha value is -1.04. The molecule has 1 aliphatic carbocycles. The van der Waals surface area contributed by atoms with Gasteiger partial charge in [0, 0.05) is 12.7 Å². The van der Waals surface area contributed by atoms with Gasteiger partial charge in [-0.2, -0.15) is 0 Å². The zero-order chi connectivity index (χ0) is 13.0. The third kappa shape index (κ3) is 3.48. The molecule has 1 saturated carbocycles. The fourth-order valence-corrected chi connectivity index (χ4v) is 3.23. The fraction of sp³-hybridized carbons (Fsp3) is 0.750. The minimum Gasteiger partial charge on any atom is -0.344 e. The van der Waals surface area contributed by atoms with Crippen molar-refractivity contribution in [1.29, 1.82) is 0 Å². The molecule has 1 atom stereocenters. The van der Waals surface area contributed by atoms with Crippen molar-refractivity contribution in [2.45, 2.75) is 38.6 Å². The van der Waals surface area contributed by atoms with Crippen LogP contribution in [0.2, 0.25) is 0 Å². The number of rotatable bonds is 3. The number of nitrogens with one attached hydrogen (secondary N) is 2. The number of aliphatic imine (C=N–C) groups is 1. The lowest BCUT2D eigenvalue weighted by molar-refractivity contribution is -0.128. The molecule has 2 N–H and O–H groups in total. The molecule has 0 saturated heterocycles. The average molecular weight is 269 g/mol. The highest BCUT2D eigenvalue weighted by atomic mass is 32.2. The van der Waals surface area contributed by atoms with Gasteiger partial charge in [-0.3, -0.25) is 14.6 Å². The van der Waals surface area contributed by atoms with Crippen molar-refractivity contribution in [3.8, 4) is 0 Å². The van der Waals surface area contributed by atoms with Crippen LogP contribution in [0.3, 0.4) is 0 Å². The number of thioether (sulfide) groups is 1. The summed E-state index contributed by atoms with van der Waals surface area (Å²) in [5.74, 6) is 0.915. The molecule has 2 aliphatic rings. The Bertz CT molecular complexity index is 364. The lowest BCUT2D eigenvalue weighted by atomic mass is 9.97. The monoisotopic (exact) mass is 269 g/mol. The maximum Gasteiger partial charge on any atom is 0.248 e. The quantitative estimate of drug-likeness (QED) is 0.799. The van der Waals surface area contributed by atoms with Crippen molar-refractivity contribution >= 4 is 28.7 Å². The Kier molecular flexibility index (Phi) is 4.63. The highest BCUT2D eigenvalue weighted by Gasteiger charge is 2.32. The first kappa shape index (κ1) is 13.4. The van der Waals surface area contributed by atoms with Gasteiger partial charge < -0.3 is 10.6 Å². The van der Waals surface area contributed by atoms with E-state index in [1.54, 1.807) is 11.8 Å². The minimum atomic E-state index is -0.408. The second-order valence-electron chi connectivity index (χ2n) is 4.75. The van der Waals surface area contributed by atoms with Crippen LogP contribution in [0, 0.1) is 5.92 Å². The van der Waals surface area contributed by atoms with Crippen molar-refractivity contribution in [3.05, 3.63) is 0 Å². The molecule has 1 fully saturated rings. The van der Waals surface area contributed by atoms with E-state index in [0.717, 1.165) is 38.0 Å². The van der Waals surface area contributed by atoms with Crippen LogP contribution in [-0.2, 0) is 9.59 Å². The van der Waals surface area contributed by atoms with E-state index >= 15 is 0 Å². The average Bonchev–Trinajstić information content (AvgIpc) is 2.97. The molecule has 100 valence electrons. The van der Waals surface area contributed by atoms with Crippen molar-refractivity contribution in [3.63, 3.8) is 0 Å². The van der Waals surface area contributed by atoms with Gasteiger partial charge in [-0.25, -0.2) is 0 Å². The van der Waals surface area contributed by atoms with Gasteiger partial charge >= 0.3 is 0 Å². The molecule has 2 rings (SSSR count). The lowest BCUT2D eigenvalue weighted by Crippen LogP contribution is -2.50. The molecule has 0 radical (unpaired) electrons. The van der Waals surface area contributed by atoms with Crippen LogP contribution in [0.1, 0.15) is 32.6 Å². The first-order valence-electron chi connectivity index (χ1n) is 6.42. The van der Waals surface area contributed by atoms with Crippen LogP contribution in [0.4, 0.5) is 0 Å². The van der Waals surface area contributed by atoms with Gasteiger partial charge in [-0.15, -0.1) is 0 Å². The van der Waals surface area contributed by atoms with E-state index in [2.05, 4.69) is 15.6 Å². The van der Waals surface area contributed by atoms with Gasteiger partial charge in [0.2, 0.25) is 11.8 Å². The van der Waals surface area contributed by atoms with Crippen molar-refractivity contribution in [2.24, 2.45) is 10.9 Å². The van der Waals surface area contributed by atoms with Gasteiger partial charge in [0.05, 0.1) is 6.54 Å². The van der Waals surface area contributed by atoms with Crippen LogP contribution in [0.15, 0.2) is 4.99 Å². The summed E-state index contributed by atoms with van der Waals surface area (Å²) in [6, 6.07) is -0.408. The summed E-state index contributed by atoms with van der Waals surface area (Å²) >= 11 is 1.55. The Labute approximate surface area is 111 Å². The smallest absolute Gasteiger partial charge is 0.248 e. The Balaban J connectivity index is 1.97. The molecule has 2 amide bonds. The zero-order valence-corrected chi connectivity index (χ0v) is 11.4. The van der Waals surface area contributed by atoms with Crippen molar-refractivity contribution < 1.29 is 9.59 Å². The van der Waals surface area contributed by atoms with Gasteiger partial charge in [0.15, 0.2) is 5.17 Å². The summed E-state index contributed by atoms with van der Waals surface area (Å²) in [5, 5.41) is 6.29. The maximum atomic E-state index is 12.2. The normalized spacial score (nSPS) is 21.5. The first-order chi connectivity index (χ1) is 8.66. The number of carbonyl (C=O) groups excluding carboxylic acids is 2. The van der Waals surface area contributed by atoms with Crippen LogP contribution in [-0.4, -0.2) is 35.3 Å². The second-order valence-corrected chi connectivity index (χ2v) is 5.83. The highest BCUT2D eigenvalue weighted by molar-refractivity contribution is 8.14. The summed E-state index contributed by atoms with van der Waals surface area (Å²) in [4.78, 5) is 27.6. The Morgan fingerprint density at radius 2 is 2.11 bits per heavy atom. The number of amides is 2. The molecule has 0 aromatic heterocycles. The predicted molar refractivity (Wildman–Crippen MR) is 72.5 cm³/mol.